The number of oxime groups is 1. The Morgan fingerprint density at radius 2 is 2.18 bits per heavy atom. The van der Waals surface area contributed by atoms with Crippen molar-refractivity contribution in [2.75, 3.05) is 6.26 Å². The average molecular weight is 198 g/mol. The van der Waals surface area contributed by atoms with Gasteiger partial charge in [0.2, 0.25) is 0 Å². The number of hydrogen-bond acceptors (Lipinski definition) is 4. The van der Waals surface area contributed by atoms with E-state index in [1.807, 2.05) is 0 Å². The van der Waals surface area contributed by atoms with E-state index in [9.17, 15) is 8.42 Å². The van der Waals surface area contributed by atoms with Crippen LogP contribution in [0.2, 0.25) is 0 Å². The minimum Gasteiger partial charge on any atom is -0.268 e. The van der Waals surface area contributed by atoms with Gasteiger partial charge in [0.25, 0.3) is 0 Å². The van der Waals surface area contributed by atoms with Crippen LogP contribution in [0.5, 0.6) is 0 Å². The largest absolute Gasteiger partial charge is 0.325 e. The van der Waals surface area contributed by atoms with Crippen molar-refractivity contribution in [1.82, 2.24) is 0 Å². The van der Waals surface area contributed by atoms with E-state index in [0.29, 0.717) is 0 Å². The van der Waals surface area contributed by atoms with E-state index in [1.54, 1.807) is 0 Å². The summed E-state index contributed by atoms with van der Waals surface area (Å²) in [5.41, 5.74) is 0. The lowest BCUT2D eigenvalue weighted by Crippen LogP contribution is -2.00. The normalized spacial score (nSPS) is 20.0. The predicted molar refractivity (Wildman–Crippen MR) is 41.9 cm³/mol. The molecular weight excluding hydrogens is 190 g/mol. The second kappa shape index (κ2) is 2.98. The fraction of sp³-hybridized carbons (Fsp3) is 0.800. The Morgan fingerprint density at radius 3 is 2.55 bits per heavy atom. The molecule has 0 aliphatic heterocycles. The quantitative estimate of drug-likeness (QED) is 0.500. The topological polar surface area (TPSA) is 55.7 Å². The molecule has 1 rings (SSSR count). The van der Waals surface area contributed by atoms with Gasteiger partial charge in [-0.05, 0) is 12.8 Å². The average Bonchev–Trinajstić information content (AvgIpc) is 2.61. The van der Waals surface area contributed by atoms with Gasteiger partial charge in [0, 0.05) is 5.92 Å². The van der Waals surface area contributed by atoms with Crippen LogP contribution >= 0.6 is 11.6 Å². The predicted octanol–water partition coefficient (Wildman–Crippen LogP) is 0.925. The Labute approximate surface area is 70.3 Å². The zero-order valence-corrected chi connectivity index (χ0v) is 7.52. The Bertz CT molecular complexity index is 267. The zero-order chi connectivity index (χ0) is 8.48. The summed E-state index contributed by atoms with van der Waals surface area (Å²) in [6.07, 6.45) is 2.86. The molecule has 0 aromatic heterocycles. The van der Waals surface area contributed by atoms with Crippen molar-refractivity contribution in [2.24, 2.45) is 11.1 Å². The van der Waals surface area contributed by atoms with Gasteiger partial charge in [-0.15, -0.1) is 0 Å². The minimum absolute atomic E-state index is 0.221. The van der Waals surface area contributed by atoms with Crippen molar-refractivity contribution in [3.63, 3.8) is 0 Å². The summed E-state index contributed by atoms with van der Waals surface area (Å²) in [5, 5.41) is 3.50. The molecule has 0 spiro atoms. The first-order valence-corrected chi connectivity index (χ1v) is 5.30. The molecule has 0 unspecified atom stereocenters. The monoisotopic (exact) mass is 197 g/mol. The summed E-state index contributed by atoms with van der Waals surface area (Å²) < 4.78 is 24.9. The molecule has 64 valence electrons. The molecule has 6 heteroatoms. The van der Waals surface area contributed by atoms with E-state index < -0.39 is 10.1 Å². The van der Waals surface area contributed by atoms with Gasteiger partial charge in [-0.25, -0.2) is 0 Å². The van der Waals surface area contributed by atoms with Crippen molar-refractivity contribution in [1.29, 1.82) is 0 Å². The lowest BCUT2D eigenvalue weighted by molar-refractivity contribution is 0.343. The van der Waals surface area contributed by atoms with Crippen LogP contribution in [-0.2, 0) is 14.4 Å². The van der Waals surface area contributed by atoms with Crippen LogP contribution in [0.25, 0.3) is 0 Å². The molecule has 1 aliphatic rings. The molecule has 0 N–H and O–H groups in total. The zero-order valence-electron chi connectivity index (χ0n) is 5.95. The van der Waals surface area contributed by atoms with Crippen molar-refractivity contribution in [2.45, 2.75) is 12.8 Å². The summed E-state index contributed by atoms with van der Waals surface area (Å²) in [7, 11) is -3.50. The fourth-order valence-corrected chi connectivity index (χ4v) is 1.01. The first kappa shape index (κ1) is 8.80. The summed E-state index contributed by atoms with van der Waals surface area (Å²) in [6.45, 7) is 0. The SMILES string of the molecule is CS(=O)(=O)ON=C(Cl)C1CC1. The first-order chi connectivity index (χ1) is 4.99. The van der Waals surface area contributed by atoms with Crippen molar-refractivity contribution in [3.8, 4) is 0 Å². The van der Waals surface area contributed by atoms with Gasteiger partial charge in [-0.3, -0.25) is 4.28 Å². The highest BCUT2D eigenvalue weighted by atomic mass is 35.5. The summed E-state index contributed by atoms with van der Waals surface area (Å²) in [4.78, 5) is 0. The fourth-order valence-electron chi connectivity index (χ4n) is 0.499. The second-order valence-corrected chi connectivity index (χ2v) is 4.41. The van der Waals surface area contributed by atoms with Crippen LogP contribution in [0.3, 0.4) is 0 Å². The Kier molecular flexibility index (Phi) is 2.39. The number of halogens is 1. The highest BCUT2D eigenvalue weighted by Crippen LogP contribution is 2.32. The van der Waals surface area contributed by atoms with Crippen LogP contribution in [0.4, 0.5) is 0 Å². The van der Waals surface area contributed by atoms with Gasteiger partial charge >= 0.3 is 10.1 Å². The maximum absolute atomic E-state index is 10.4. The molecule has 1 aliphatic carbocycles. The van der Waals surface area contributed by atoms with Gasteiger partial charge in [0.05, 0.1) is 6.26 Å². The molecule has 0 heterocycles. The lowest BCUT2D eigenvalue weighted by Gasteiger charge is -1.93. The Morgan fingerprint density at radius 1 is 1.64 bits per heavy atom. The third-order valence-electron chi connectivity index (χ3n) is 1.17. The van der Waals surface area contributed by atoms with Crippen LogP contribution in [0.1, 0.15) is 12.8 Å². The smallest absolute Gasteiger partial charge is 0.268 e. The molecule has 0 saturated heterocycles. The third-order valence-corrected chi connectivity index (χ3v) is 1.90. The van der Waals surface area contributed by atoms with E-state index in [1.165, 1.54) is 0 Å². The third kappa shape index (κ3) is 3.57. The second-order valence-electron chi connectivity index (χ2n) is 2.47. The van der Waals surface area contributed by atoms with Gasteiger partial charge in [-0.1, -0.05) is 16.8 Å². The molecule has 0 bridgehead atoms. The highest BCUT2D eigenvalue weighted by Gasteiger charge is 2.27. The summed E-state index contributed by atoms with van der Waals surface area (Å²) in [6, 6.07) is 0. The number of nitrogens with zero attached hydrogens (tertiary/aromatic N) is 1. The van der Waals surface area contributed by atoms with Crippen LogP contribution in [0.15, 0.2) is 5.16 Å². The molecular formula is C5H8ClNO3S. The molecule has 0 aromatic carbocycles. The van der Waals surface area contributed by atoms with Crippen molar-refractivity contribution < 1.29 is 12.7 Å². The van der Waals surface area contributed by atoms with E-state index >= 15 is 0 Å². The van der Waals surface area contributed by atoms with Gasteiger partial charge in [0.15, 0.2) is 0 Å². The molecule has 1 fully saturated rings. The Balaban J connectivity index is 2.46. The molecule has 4 nitrogen and oxygen atoms in total. The van der Waals surface area contributed by atoms with Crippen LogP contribution < -0.4 is 0 Å². The summed E-state index contributed by atoms with van der Waals surface area (Å²) in [5.74, 6) is 0.221. The van der Waals surface area contributed by atoms with E-state index in [2.05, 4.69) is 9.44 Å². The maximum atomic E-state index is 10.4. The summed E-state index contributed by atoms with van der Waals surface area (Å²) >= 11 is 5.54. The Hall–Kier alpha value is -0.290. The van der Waals surface area contributed by atoms with Gasteiger partial charge < -0.3 is 0 Å². The lowest BCUT2D eigenvalue weighted by atomic mass is 10.5. The van der Waals surface area contributed by atoms with E-state index in [4.69, 9.17) is 11.6 Å². The number of hydrogen-bond donors (Lipinski definition) is 0. The van der Waals surface area contributed by atoms with Crippen molar-refractivity contribution in [3.05, 3.63) is 0 Å². The van der Waals surface area contributed by atoms with Gasteiger partial charge in [0.1, 0.15) is 5.17 Å². The molecule has 0 atom stereocenters. The van der Waals surface area contributed by atoms with Crippen LogP contribution in [0, 0.1) is 5.92 Å². The molecule has 1 saturated carbocycles. The molecule has 0 aromatic rings. The molecule has 0 amide bonds. The van der Waals surface area contributed by atoms with Gasteiger partial charge in [-0.2, -0.15) is 8.42 Å². The van der Waals surface area contributed by atoms with E-state index in [0.717, 1.165) is 19.1 Å². The van der Waals surface area contributed by atoms with Crippen molar-refractivity contribution >= 4 is 26.9 Å². The standard InChI is InChI=1S/C5H8ClNO3S/c1-11(8,9)10-7-5(6)4-2-3-4/h4H,2-3H2,1H3. The number of rotatable bonds is 3. The molecule has 11 heavy (non-hydrogen) atoms. The minimum atomic E-state index is -3.50. The first-order valence-electron chi connectivity index (χ1n) is 3.11. The maximum Gasteiger partial charge on any atom is 0.325 e. The highest BCUT2D eigenvalue weighted by molar-refractivity contribution is 7.85. The molecule has 0 radical (unpaired) electrons. The van der Waals surface area contributed by atoms with Crippen LogP contribution in [-0.4, -0.2) is 19.8 Å². The van der Waals surface area contributed by atoms with E-state index in [-0.39, 0.29) is 11.1 Å².